The molecule has 0 radical (unpaired) electrons. The molecule has 13 heavy (non-hydrogen) atoms. The molecule has 0 atom stereocenters. The van der Waals surface area contributed by atoms with Crippen molar-refractivity contribution in [3.05, 3.63) is 21.9 Å². The molecule has 7 nitrogen and oxygen atoms in total. The number of hydrogen-bond acceptors (Lipinski definition) is 4. The molecule has 0 aliphatic rings. The summed E-state index contributed by atoms with van der Waals surface area (Å²) in [6.07, 6.45) is 0. The number of nitrogens with zero attached hydrogens (tertiary/aromatic N) is 2. The molecule has 1 heterocycles. The zero-order valence-corrected chi connectivity index (χ0v) is 7.10. The van der Waals surface area contributed by atoms with Crippen LogP contribution in [0.5, 0.6) is 0 Å². The minimum absolute atomic E-state index is 0.106. The number of aryl methyl sites for hydroxylation is 1. The Morgan fingerprint density at radius 3 is 2.77 bits per heavy atom. The van der Waals surface area contributed by atoms with Crippen molar-refractivity contribution in [3.63, 3.8) is 0 Å². The van der Waals surface area contributed by atoms with Gasteiger partial charge in [0.2, 0.25) is 0 Å². The van der Waals surface area contributed by atoms with Gasteiger partial charge < -0.3 is 14.9 Å². The molecule has 0 unspecified atom stereocenters. The zero-order chi connectivity index (χ0) is 10.0. The van der Waals surface area contributed by atoms with E-state index in [9.17, 15) is 14.9 Å². The Morgan fingerprint density at radius 2 is 2.38 bits per heavy atom. The number of H-pyrrole nitrogens is 1. The predicted molar refractivity (Wildman–Crippen MR) is 40.0 cm³/mol. The van der Waals surface area contributed by atoms with Crippen LogP contribution >= 0.6 is 0 Å². The number of nitrogens with one attached hydrogen (secondary N) is 1. The van der Waals surface area contributed by atoms with E-state index in [-0.39, 0.29) is 11.5 Å². The molecule has 1 N–H and O–H groups in total. The van der Waals surface area contributed by atoms with Crippen LogP contribution in [0.15, 0.2) is 6.07 Å². The van der Waals surface area contributed by atoms with E-state index < -0.39 is 10.9 Å². The first-order chi connectivity index (χ1) is 6.06. The van der Waals surface area contributed by atoms with E-state index in [0.717, 1.165) is 6.07 Å². The lowest BCUT2D eigenvalue weighted by molar-refractivity contribution is -0.731. The average molecular weight is 186 g/mol. The lowest BCUT2D eigenvalue weighted by Crippen LogP contribution is -2.36. The van der Waals surface area contributed by atoms with E-state index in [4.69, 9.17) is 0 Å². The summed E-state index contributed by atoms with van der Waals surface area (Å²) in [7, 11) is 2.69. The van der Waals surface area contributed by atoms with Gasteiger partial charge in [-0.2, -0.15) is 0 Å². The van der Waals surface area contributed by atoms with Crippen molar-refractivity contribution < 1.29 is 19.1 Å². The highest BCUT2D eigenvalue weighted by molar-refractivity contribution is 5.86. The third-order valence-corrected chi connectivity index (χ3v) is 1.51. The van der Waals surface area contributed by atoms with Crippen molar-refractivity contribution in [2.75, 3.05) is 7.11 Å². The van der Waals surface area contributed by atoms with Crippen LogP contribution < -0.4 is 4.68 Å². The first kappa shape index (κ1) is 9.17. The van der Waals surface area contributed by atoms with Crippen LogP contribution in [-0.4, -0.2) is 23.1 Å². The fraction of sp³-hybridized carbons (Fsp3) is 0.333. The highest BCUT2D eigenvalue weighted by atomic mass is 16.6. The normalized spacial score (nSPS) is 9.69. The molecule has 0 amide bonds. The number of ether oxygens (including phenoxy) is 1. The molecule has 0 aliphatic heterocycles. The molecular weight excluding hydrogens is 178 g/mol. The number of methoxy groups -OCH3 is 1. The molecule has 0 bridgehead atoms. The average Bonchev–Trinajstić information content (AvgIpc) is 2.46. The maximum Gasteiger partial charge on any atom is 0.407 e. The van der Waals surface area contributed by atoms with E-state index in [0.29, 0.717) is 0 Å². The first-order valence-corrected chi connectivity index (χ1v) is 3.38. The number of aromatic nitrogens is 2. The number of aromatic amines is 1. The Labute approximate surface area is 73.1 Å². The van der Waals surface area contributed by atoms with Gasteiger partial charge in [0.25, 0.3) is 0 Å². The van der Waals surface area contributed by atoms with E-state index in [1.807, 2.05) is 0 Å². The first-order valence-electron chi connectivity index (χ1n) is 3.38. The monoisotopic (exact) mass is 186 g/mol. The summed E-state index contributed by atoms with van der Waals surface area (Å²) < 4.78 is 5.63. The number of rotatable bonds is 2. The van der Waals surface area contributed by atoms with Crippen LogP contribution in [0.25, 0.3) is 0 Å². The number of nitro groups is 1. The maximum atomic E-state index is 11.0. The number of hydrogen-bond donors (Lipinski definition) is 1. The fourth-order valence-corrected chi connectivity index (χ4v) is 0.885. The zero-order valence-electron chi connectivity index (χ0n) is 7.10. The summed E-state index contributed by atoms with van der Waals surface area (Å²) in [5, 5.41) is 12.7. The van der Waals surface area contributed by atoms with Crippen molar-refractivity contribution in [3.8, 4) is 0 Å². The van der Waals surface area contributed by atoms with Crippen molar-refractivity contribution >= 4 is 11.8 Å². The van der Waals surface area contributed by atoms with Gasteiger partial charge in [-0.25, -0.2) is 4.79 Å². The molecule has 0 saturated heterocycles. The molecule has 7 heteroatoms. The summed E-state index contributed by atoms with van der Waals surface area (Å²) in [4.78, 5) is 20.7. The van der Waals surface area contributed by atoms with Gasteiger partial charge >= 0.3 is 17.5 Å². The summed E-state index contributed by atoms with van der Waals surface area (Å²) in [6, 6.07) is 1.12. The van der Waals surface area contributed by atoms with Gasteiger partial charge in [-0.1, -0.05) is 0 Å². The van der Waals surface area contributed by atoms with Crippen molar-refractivity contribution in [2.45, 2.75) is 0 Å². The van der Waals surface area contributed by atoms with Crippen molar-refractivity contribution in [1.82, 2.24) is 5.10 Å². The third kappa shape index (κ3) is 1.63. The Balaban J connectivity index is 3.10. The fourth-order valence-electron chi connectivity index (χ4n) is 0.885. The summed E-state index contributed by atoms with van der Waals surface area (Å²) in [6.45, 7) is 0. The van der Waals surface area contributed by atoms with Crippen LogP contribution in [0.2, 0.25) is 0 Å². The number of esters is 1. The van der Waals surface area contributed by atoms with Gasteiger partial charge in [-0.05, 0) is 14.7 Å². The van der Waals surface area contributed by atoms with Gasteiger partial charge in [0.05, 0.1) is 7.11 Å². The molecule has 70 valence electrons. The quantitative estimate of drug-likeness (QED) is 0.293. The Bertz CT molecular complexity index is 357. The van der Waals surface area contributed by atoms with Crippen LogP contribution in [0.3, 0.4) is 0 Å². The lowest BCUT2D eigenvalue weighted by atomic mass is 10.4. The standard InChI is InChI=1S/C6H7N3O4/c1-8-4(6(10)13-2)3-5(7-8)9(11)12/h3H,1-2H3/p+1. The van der Waals surface area contributed by atoms with E-state index >= 15 is 0 Å². The van der Waals surface area contributed by atoms with Gasteiger partial charge in [-0.15, -0.1) is 0 Å². The third-order valence-electron chi connectivity index (χ3n) is 1.51. The highest BCUT2D eigenvalue weighted by Gasteiger charge is 2.27. The number of carbonyl (C=O) groups excluding carboxylic acids is 1. The molecule has 0 spiro atoms. The predicted octanol–water partition coefficient (Wildman–Crippen LogP) is -0.466. The van der Waals surface area contributed by atoms with Crippen LogP contribution in [0, 0.1) is 10.1 Å². The molecule has 1 rings (SSSR count). The Hall–Kier alpha value is -1.92. The molecule has 0 aliphatic carbocycles. The van der Waals surface area contributed by atoms with Gasteiger partial charge in [0, 0.05) is 0 Å². The minimum atomic E-state index is -0.619. The summed E-state index contributed by atoms with van der Waals surface area (Å²) in [5.74, 6) is -0.866. The van der Waals surface area contributed by atoms with Crippen molar-refractivity contribution in [2.24, 2.45) is 7.05 Å². The lowest BCUT2D eigenvalue weighted by Gasteiger charge is -1.86. The Morgan fingerprint density at radius 1 is 1.77 bits per heavy atom. The summed E-state index contributed by atoms with van der Waals surface area (Å²) in [5.41, 5.74) is 0.106. The second kappa shape index (κ2) is 3.21. The highest BCUT2D eigenvalue weighted by Crippen LogP contribution is 2.06. The summed E-state index contributed by atoms with van der Waals surface area (Å²) >= 11 is 0. The maximum absolute atomic E-state index is 11.0. The smallest absolute Gasteiger partial charge is 0.407 e. The van der Waals surface area contributed by atoms with Crippen LogP contribution in [0.1, 0.15) is 10.5 Å². The molecule has 1 aromatic heterocycles. The van der Waals surface area contributed by atoms with E-state index in [2.05, 4.69) is 9.84 Å². The second-order valence-corrected chi connectivity index (χ2v) is 2.33. The van der Waals surface area contributed by atoms with Crippen LogP contribution in [-0.2, 0) is 11.8 Å². The Kier molecular flexibility index (Phi) is 2.27. The van der Waals surface area contributed by atoms with Gasteiger partial charge in [-0.3, -0.25) is 0 Å². The number of carbonyl (C=O) groups is 1. The van der Waals surface area contributed by atoms with Crippen molar-refractivity contribution in [1.29, 1.82) is 0 Å². The molecule has 0 aromatic carbocycles. The molecule has 0 saturated carbocycles. The topological polar surface area (TPSA) is 89.1 Å². The molecule has 1 aromatic rings. The molecule has 0 fully saturated rings. The van der Waals surface area contributed by atoms with Crippen LogP contribution in [0.4, 0.5) is 5.82 Å². The largest absolute Gasteiger partial charge is 0.461 e. The van der Waals surface area contributed by atoms with Gasteiger partial charge in [0.1, 0.15) is 6.07 Å². The second-order valence-electron chi connectivity index (χ2n) is 2.33. The van der Waals surface area contributed by atoms with E-state index in [1.165, 1.54) is 18.8 Å². The minimum Gasteiger partial charge on any atom is -0.461 e. The SMILES string of the molecule is COC(=O)c1cc([N+](=O)[O-])[nH][n+]1C. The van der Waals surface area contributed by atoms with Gasteiger partial charge in [0.15, 0.2) is 7.05 Å². The van der Waals surface area contributed by atoms with E-state index in [1.54, 1.807) is 0 Å². The molecular formula is C6H8N3O4+.